The first-order valence-corrected chi connectivity index (χ1v) is 10.4. The molecule has 3 aromatic rings. The summed E-state index contributed by atoms with van der Waals surface area (Å²) in [5, 5.41) is 12.2. The highest BCUT2D eigenvalue weighted by molar-refractivity contribution is 5.97. The molecule has 32 heavy (non-hydrogen) atoms. The molecule has 0 aliphatic carbocycles. The Bertz CT molecular complexity index is 1050. The fourth-order valence-corrected chi connectivity index (χ4v) is 3.23. The van der Waals surface area contributed by atoms with Crippen LogP contribution in [0.5, 0.6) is 17.4 Å². The van der Waals surface area contributed by atoms with Gasteiger partial charge in [0.25, 0.3) is 5.91 Å². The summed E-state index contributed by atoms with van der Waals surface area (Å²) >= 11 is 0. The Morgan fingerprint density at radius 3 is 2.44 bits per heavy atom. The van der Waals surface area contributed by atoms with Crippen LogP contribution in [-0.4, -0.2) is 29.1 Å². The minimum Gasteiger partial charge on any atom is -0.496 e. The number of carboxylic acids is 1. The number of pyridine rings is 1. The van der Waals surface area contributed by atoms with Gasteiger partial charge in [-0.3, -0.25) is 9.59 Å². The van der Waals surface area contributed by atoms with Gasteiger partial charge >= 0.3 is 5.97 Å². The number of carbonyl (C=O) groups is 2. The lowest BCUT2D eigenvalue weighted by Crippen LogP contribution is -2.24. The number of aliphatic carboxylic acids is 1. The van der Waals surface area contributed by atoms with Crippen LogP contribution in [0.1, 0.15) is 34.8 Å². The number of benzene rings is 2. The van der Waals surface area contributed by atoms with Crippen LogP contribution >= 0.6 is 0 Å². The van der Waals surface area contributed by atoms with Crippen LogP contribution in [0, 0.1) is 5.92 Å². The molecule has 0 aliphatic heterocycles. The van der Waals surface area contributed by atoms with Crippen molar-refractivity contribution in [3.05, 3.63) is 83.6 Å². The van der Waals surface area contributed by atoms with Crippen LogP contribution in [-0.2, 0) is 17.8 Å². The van der Waals surface area contributed by atoms with Crippen LogP contribution in [0.2, 0.25) is 0 Å². The molecule has 7 nitrogen and oxygen atoms in total. The third kappa shape index (κ3) is 6.07. The number of nitrogens with one attached hydrogen (secondary N) is 1. The van der Waals surface area contributed by atoms with Crippen molar-refractivity contribution in [3.63, 3.8) is 0 Å². The van der Waals surface area contributed by atoms with E-state index in [1.54, 1.807) is 30.5 Å². The first-order chi connectivity index (χ1) is 15.5. The van der Waals surface area contributed by atoms with Gasteiger partial charge < -0.3 is 19.9 Å². The van der Waals surface area contributed by atoms with E-state index < -0.39 is 11.9 Å². The van der Waals surface area contributed by atoms with E-state index >= 15 is 0 Å². The lowest BCUT2D eigenvalue weighted by Gasteiger charge is -2.14. The molecule has 0 fully saturated rings. The smallest absolute Gasteiger partial charge is 0.306 e. The van der Waals surface area contributed by atoms with Gasteiger partial charge in [0.15, 0.2) is 0 Å². The number of carbonyl (C=O) groups excluding carboxylic acids is 1. The van der Waals surface area contributed by atoms with E-state index in [0.29, 0.717) is 42.3 Å². The number of aromatic nitrogens is 1. The summed E-state index contributed by atoms with van der Waals surface area (Å²) < 4.78 is 11.0. The van der Waals surface area contributed by atoms with Crippen LogP contribution < -0.4 is 14.8 Å². The molecule has 1 unspecified atom stereocenters. The molecule has 0 saturated heterocycles. The number of carboxylic acid groups (broad SMARTS) is 1. The first kappa shape index (κ1) is 22.8. The average molecular weight is 434 g/mol. The molecule has 0 saturated carbocycles. The van der Waals surface area contributed by atoms with Crippen molar-refractivity contribution in [2.45, 2.75) is 26.3 Å². The fourth-order valence-electron chi connectivity index (χ4n) is 3.23. The second kappa shape index (κ2) is 10.9. The summed E-state index contributed by atoms with van der Waals surface area (Å²) in [7, 11) is 1.50. The highest BCUT2D eigenvalue weighted by atomic mass is 16.5. The number of nitrogens with zero attached hydrogens (tertiary/aromatic N) is 1. The molecule has 2 aromatic carbocycles. The van der Waals surface area contributed by atoms with Crippen molar-refractivity contribution < 1.29 is 24.2 Å². The molecule has 7 heteroatoms. The lowest BCUT2D eigenvalue weighted by atomic mass is 9.95. The van der Waals surface area contributed by atoms with Crippen molar-refractivity contribution in [1.82, 2.24) is 10.3 Å². The number of ether oxygens (including phenoxy) is 2. The van der Waals surface area contributed by atoms with E-state index in [1.165, 1.54) is 7.11 Å². The molecule has 3 rings (SSSR count). The Kier molecular flexibility index (Phi) is 7.80. The third-order valence-corrected chi connectivity index (χ3v) is 5.07. The van der Waals surface area contributed by atoms with Crippen molar-refractivity contribution >= 4 is 11.9 Å². The monoisotopic (exact) mass is 434 g/mol. The van der Waals surface area contributed by atoms with Crippen LogP contribution in [0.25, 0.3) is 0 Å². The molecule has 2 N–H and O–H groups in total. The minimum atomic E-state index is -0.843. The molecule has 1 aromatic heterocycles. The van der Waals surface area contributed by atoms with Crippen molar-refractivity contribution in [2.24, 2.45) is 5.92 Å². The Labute approximate surface area is 187 Å². The molecule has 0 aliphatic rings. The molecular formula is C25H26N2O5. The summed E-state index contributed by atoms with van der Waals surface area (Å²) in [5.41, 5.74) is 2.06. The maximum Gasteiger partial charge on any atom is 0.306 e. The topological polar surface area (TPSA) is 97.8 Å². The molecule has 0 radical (unpaired) electrons. The zero-order valence-electron chi connectivity index (χ0n) is 18.1. The van der Waals surface area contributed by atoms with Gasteiger partial charge in [0.05, 0.1) is 18.6 Å². The zero-order valence-corrected chi connectivity index (χ0v) is 18.1. The molecule has 0 bridgehead atoms. The maximum atomic E-state index is 12.8. The Hall–Kier alpha value is -3.87. The summed E-state index contributed by atoms with van der Waals surface area (Å²) in [6.07, 6.45) is 2.53. The largest absolute Gasteiger partial charge is 0.496 e. The van der Waals surface area contributed by atoms with Crippen LogP contribution in [0.15, 0.2) is 66.9 Å². The summed E-state index contributed by atoms with van der Waals surface area (Å²) in [6.45, 7) is 2.16. The normalized spacial score (nSPS) is 11.4. The highest BCUT2D eigenvalue weighted by Crippen LogP contribution is 2.23. The standard InChI is InChI=1S/C25H26N2O5/c1-3-19(25(29)30)14-18-9-12-22(31-2)21(15-18)24(28)27-16-17-7-10-20(11-8-17)32-23-6-4-5-13-26-23/h4-13,15,19H,3,14,16H2,1-2H3,(H,27,28)(H,29,30). The number of rotatable bonds is 10. The van der Waals surface area contributed by atoms with E-state index in [4.69, 9.17) is 9.47 Å². The summed E-state index contributed by atoms with van der Waals surface area (Å²) in [6, 6.07) is 18.0. The van der Waals surface area contributed by atoms with E-state index in [1.807, 2.05) is 43.3 Å². The molecule has 166 valence electrons. The summed E-state index contributed by atoms with van der Waals surface area (Å²) in [5.74, 6) is -0.0312. The van der Waals surface area contributed by atoms with Crippen LogP contribution in [0.4, 0.5) is 0 Å². The first-order valence-electron chi connectivity index (χ1n) is 10.4. The van der Waals surface area contributed by atoms with E-state index in [9.17, 15) is 14.7 Å². The van der Waals surface area contributed by atoms with Gasteiger partial charge in [-0.1, -0.05) is 31.2 Å². The highest BCUT2D eigenvalue weighted by Gasteiger charge is 2.18. The molecular weight excluding hydrogens is 408 g/mol. The fraction of sp³-hybridized carbons (Fsp3) is 0.240. The summed E-state index contributed by atoms with van der Waals surface area (Å²) in [4.78, 5) is 28.3. The SMILES string of the molecule is CCC(Cc1ccc(OC)c(C(=O)NCc2ccc(Oc3ccccn3)cc2)c1)C(=O)O. The number of hydrogen-bond donors (Lipinski definition) is 2. The molecule has 1 heterocycles. The average Bonchev–Trinajstić information content (AvgIpc) is 2.82. The van der Waals surface area contributed by atoms with Crippen molar-refractivity contribution in [3.8, 4) is 17.4 Å². The number of methoxy groups -OCH3 is 1. The van der Waals surface area contributed by atoms with Gasteiger partial charge in [-0.25, -0.2) is 4.98 Å². The van der Waals surface area contributed by atoms with Gasteiger partial charge in [-0.2, -0.15) is 0 Å². The van der Waals surface area contributed by atoms with Crippen LogP contribution in [0.3, 0.4) is 0 Å². The Morgan fingerprint density at radius 1 is 1.06 bits per heavy atom. The number of amides is 1. The van der Waals surface area contributed by atoms with E-state index in [2.05, 4.69) is 10.3 Å². The van der Waals surface area contributed by atoms with Crippen molar-refractivity contribution in [1.29, 1.82) is 0 Å². The molecule has 0 spiro atoms. The lowest BCUT2D eigenvalue weighted by molar-refractivity contribution is -0.141. The zero-order chi connectivity index (χ0) is 22.9. The maximum absolute atomic E-state index is 12.8. The third-order valence-electron chi connectivity index (χ3n) is 5.07. The second-order valence-corrected chi connectivity index (χ2v) is 7.28. The van der Waals surface area contributed by atoms with Gasteiger partial charge in [-0.05, 0) is 54.3 Å². The van der Waals surface area contributed by atoms with Gasteiger partial charge in [0.1, 0.15) is 11.5 Å². The predicted octanol–water partition coefficient (Wildman–Crippen LogP) is 4.47. The second-order valence-electron chi connectivity index (χ2n) is 7.28. The Morgan fingerprint density at radius 2 is 1.81 bits per heavy atom. The Balaban J connectivity index is 1.64. The minimum absolute atomic E-state index is 0.291. The van der Waals surface area contributed by atoms with Crippen molar-refractivity contribution in [2.75, 3.05) is 7.11 Å². The van der Waals surface area contributed by atoms with E-state index in [0.717, 1.165) is 11.1 Å². The number of hydrogen-bond acceptors (Lipinski definition) is 5. The van der Waals surface area contributed by atoms with E-state index in [-0.39, 0.29) is 5.91 Å². The van der Waals surface area contributed by atoms with Gasteiger partial charge in [0, 0.05) is 18.8 Å². The van der Waals surface area contributed by atoms with Gasteiger partial charge in [-0.15, -0.1) is 0 Å². The molecule has 1 atom stereocenters. The quantitative estimate of drug-likeness (QED) is 0.489. The predicted molar refractivity (Wildman–Crippen MR) is 120 cm³/mol. The molecule has 1 amide bonds. The van der Waals surface area contributed by atoms with Gasteiger partial charge in [0.2, 0.25) is 5.88 Å².